The molecule has 0 saturated carbocycles. The SMILES string of the molecule is Cc1nc2c(cc1C(=O)Nc1ccc(Cl)cc1)c(=O)[nH]c(=O)n2CC1CCCO1. The van der Waals surface area contributed by atoms with Crippen LogP contribution < -0.4 is 16.6 Å². The standard InChI is InChI=1S/C20H19ClN4O4/c1-11-15(18(26)23-13-6-4-12(21)5-7-13)9-16-17(22-11)25(20(28)24-19(16)27)10-14-3-2-8-29-14/h4-7,9,14H,2-3,8,10H2,1H3,(H,23,26)(H,24,27,28). The molecule has 0 spiro atoms. The van der Waals surface area contributed by atoms with Crippen molar-refractivity contribution in [3.05, 3.63) is 67.4 Å². The molecule has 1 unspecified atom stereocenters. The maximum Gasteiger partial charge on any atom is 0.330 e. The van der Waals surface area contributed by atoms with Crippen LogP contribution in [0.3, 0.4) is 0 Å². The van der Waals surface area contributed by atoms with Gasteiger partial charge in [-0.1, -0.05) is 11.6 Å². The number of benzene rings is 1. The summed E-state index contributed by atoms with van der Waals surface area (Å²) in [5.74, 6) is -0.407. The van der Waals surface area contributed by atoms with Crippen LogP contribution in [0.1, 0.15) is 28.9 Å². The highest BCUT2D eigenvalue weighted by Gasteiger charge is 2.21. The van der Waals surface area contributed by atoms with Crippen molar-refractivity contribution in [2.24, 2.45) is 0 Å². The summed E-state index contributed by atoms with van der Waals surface area (Å²) in [6, 6.07) is 8.15. The van der Waals surface area contributed by atoms with E-state index in [1.165, 1.54) is 10.6 Å². The number of carbonyl (C=O) groups is 1. The number of anilines is 1. The summed E-state index contributed by atoms with van der Waals surface area (Å²) in [4.78, 5) is 44.2. The fraction of sp³-hybridized carbons (Fsp3) is 0.300. The van der Waals surface area contributed by atoms with Gasteiger partial charge in [0.2, 0.25) is 0 Å². The number of aromatic nitrogens is 3. The zero-order valence-electron chi connectivity index (χ0n) is 15.7. The Morgan fingerprint density at radius 3 is 2.79 bits per heavy atom. The van der Waals surface area contributed by atoms with Crippen molar-refractivity contribution in [1.29, 1.82) is 0 Å². The van der Waals surface area contributed by atoms with Gasteiger partial charge in [0.05, 0.1) is 29.3 Å². The molecule has 1 fully saturated rings. The van der Waals surface area contributed by atoms with Crippen LogP contribution in [0, 0.1) is 6.92 Å². The second-order valence-electron chi connectivity index (χ2n) is 6.96. The third-order valence-corrected chi connectivity index (χ3v) is 5.17. The van der Waals surface area contributed by atoms with Crippen LogP contribution in [0.4, 0.5) is 5.69 Å². The van der Waals surface area contributed by atoms with Crippen LogP contribution >= 0.6 is 11.6 Å². The summed E-state index contributed by atoms with van der Waals surface area (Å²) >= 11 is 5.86. The predicted octanol–water partition coefficient (Wildman–Crippen LogP) is 2.48. The number of pyridine rings is 1. The van der Waals surface area contributed by atoms with E-state index in [0.29, 0.717) is 29.6 Å². The van der Waals surface area contributed by atoms with Gasteiger partial charge in [-0.25, -0.2) is 9.78 Å². The van der Waals surface area contributed by atoms with E-state index in [0.717, 1.165) is 12.8 Å². The molecular weight excluding hydrogens is 396 g/mol. The first-order valence-corrected chi connectivity index (χ1v) is 9.63. The molecule has 2 aromatic heterocycles. The van der Waals surface area contributed by atoms with E-state index in [-0.39, 0.29) is 22.7 Å². The monoisotopic (exact) mass is 414 g/mol. The molecule has 4 rings (SSSR count). The number of nitrogens with one attached hydrogen (secondary N) is 2. The zero-order chi connectivity index (χ0) is 20.5. The van der Waals surface area contributed by atoms with Crippen molar-refractivity contribution in [3.63, 3.8) is 0 Å². The second-order valence-corrected chi connectivity index (χ2v) is 7.39. The van der Waals surface area contributed by atoms with Gasteiger partial charge in [-0.3, -0.25) is 19.1 Å². The molecular formula is C20H19ClN4O4. The Morgan fingerprint density at radius 1 is 1.34 bits per heavy atom. The molecule has 0 radical (unpaired) electrons. The number of hydrogen-bond donors (Lipinski definition) is 2. The molecule has 1 aliphatic heterocycles. The topological polar surface area (TPSA) is 106 Å². The number of halogens is 1. The molecule has 150 valence electrons. The minimum atomic E-state index is -0.582. The molecule has 1 aliphatic rings. The normalized spacial score (nSPS) is 16.3. The summed E-state index contributed by atoms with van der Waals surface area (Å²) in [5, 5.41) is 3.49. The number of hydrogen-bond acceptors (Lipinski definition) is 5. The molecule has 1 atom stereocenters. The second kappa shape index (κ2) is 7.81. The Hall–Kier alpha value is -2.97. The lowest BCUT2D eigenvalue weighted by Gasteiger charge is -2.15. The fourth-order valence-corrected chi connectivity index (χ4v) is 3.54. The number of ether oxygens (including phenoxy) is 1. The maximum atomic E-state index is 12.7. The molecule has 1 saturated heterocycles. The van der Waals surface area contributed by atoms with Gasteiger partial charge in [0, 0.05) is 17.3 Å². The van der Waals surface area contributed by atoms with Gasteiger partial charge in [-0.05, 0) is 50.1 Å². The first kappa shape index (κ1) is 19.4. The van der Waals surface area contributed by atoms with E-state index in [1.54, 1.807) is 31.2 Å². The van der Waals surface area contributed by atoms with Crippen LogP contribution in [0.5, 0.6) is 0 Å². The van der Waals surface area contributed by atoms with Gasteiger partial charge in [-0.2, -0.15) is 0 Å². The first-order chi connectivity index (χ1) is 13.9. The number of nitrogens with zero attached hydrogens (tertiary/aromatic N) is 2. The molecule has 1 amide bonds. The summed E-state index contributed by atoms with van der Waals surface area (Å²) in [7, 11) is 0. The largest absolute Gasteiger partial charge is 0.376 e. The van der Waals surface area contributed by atoms with E-state index in [9.17, 15) is 14.4 Å². The average Bonchev–Trinajstić information content (AvgIpc) is 3.19. The first-order valence-electron chi connectivity index (χ1n) is 9.25. The van der Waals surface area contributed by atoms with Crippen molar-refractivity contribution in [3.8, 4) is 0 Å². The van der Waals surface area contributed by atoms with E-state index >= 15 is 0 Å². The Kier molecular flexibility index (Phi) is 5.21. The summed E-state index contributed by atoms with van der Waals surface area (Å²) < 4.78 is 7.01. The van der Waals surface area contributed by atoms with Crippen LogP contribution in [0.2, 0.25) is 5.02 Å². The van der Waals surface area contributed by atoms with E-state index < -0.39 is 17.2 Å². The van der Waals surface area contributed by atoms with Gasteiger partial charge in [0.1, 0.15) is 5.65 Å². The lowest BCUT2D eigenvalue weighted by Crippen LogP contribution is -2.34. The summed E-state index contributed by atoms with van der Waals surface area (Å²) in [5.41, 5.74) is 0.353. The highest BCUT2D eigenvalue weighted by atomic mass is 35.5. The number of rotatable bonds is 4. The van der Waals surface area contributed by atoms with Crippen molar-refractivity contribution in [1.82, 2.24) is 14.5 Å². The number of aromatic amines is 1. The number of H-pyrrole nitrogens is 1. The van der Waals surface area contributed by atoms with Gasteiger partial charge in [0.15, 0.2) is 0 Å². The molecule has 29 heavy (non-hydrogen) atoms. The molecule has 0 aliphatic carbocycles. The van der Waals surface area contributed by atoms with Gasteiger partial charge in [0.25, 0.3) is 11.5 Å². The van der Waals surface area contributed by atoms with Crippen LogP contribution in [-0.2, 0) is 11.3 Å². The van der Waals surface area contributed by atoms with Gasteiger partial charge in [-0.15, -0.1) is 0 Å². The molecule has 1 aromatic carbocycles. The molecule has 8 nitrogen and oxygen atoms in total. The lowest BCUT2D eigenvalue weighted by atomic mass is 10.1. The van der Waals surface area contributed by atoms with E-state index in [2.05, 4.69) is 15.3 Å². The van der Waals surface area contributed by atoms with Gasteiger partial charge < -0.3 is 10.1 Å². The van der Waals surface area contributed by atoms with Gasteiger partial charge >= 0.3 is 5.69 Å². The predicted molar refractivity (Wildman–Crippen MR) is 110 cm³/mol. The minimum Gasteiger partial charge on any atom is -0.376 e. The zero-order valence-corrected chi connectivity index (χ0v) is 16.5. The number of amides is 1. The van der Waals surface area contributed by atoms with E-state index in [1.807, 2.05) is 0 Å². The molecule has 3 heterocycles. The number of aryl methyl sites for hydroxylation is 1. The maximum absolute atomic E-state index is 12.7. The summed E-state index contributed by atoms with van der Waals surface area (Å²) in [6.45, 7) is 2.62. The Bertz CT molecular complexity index is 1190. The highest BCUT2D eigenvalue weighted by molar-refractivity contribution is 6.30. The van der Waals surface area contributed by atoms with Crippen molar-refractivity contribution in [2.45, 2.75) is 32.4 Å². The minimum absolute atomic E-state index is 0.100. The molecule has 2 N–H and O–H groups in total. The highest BCUT2D eigenvalue weighted by Crippen LogP contribution is 2.19. The van der Waals surface area contributed by atoms with Crippen molar-refractivity contribution >= 4 is 34.2 Å². The number of carbonyl (C=O) groups excluding carboxylic acids is 1. The van der Waals surface area contributed by atoms with Crippen molar-refractivity contribution < 1.29 is 9.53 Å². The molecule has 3 aromatic rings. The molecule has 9 heteroatoms. The number of fused-ring (bicyclic) bond motifs is 1. The fourth-order valence-electron chi connectivity index (χ4n) is 3.42. The lowest BCUT2D eigenvalue weighted by molar-refractivity contribution is 0.0967. The quantitative estimate of drug-likeness (QED) is 0.682. The molecule has 0 bridgehead atoms. The van der Waals surface area contributed by atoms with Crippen LogP contribution in [-0.4, -0.2) is 33.2 Å². The Balaban J connectivity index is 1.74. The Labute approximate surface area is 170 Å². The third-order valence-electron chi connectivity index (χ3n) is 4.92. The summed E-state index contributed by atoms with van der Waals surface area (Å²) in [6.07, 6.45) is 1.67. The van der Waals surface area contributed by atoms with Crippen LogP contribution in [0.15, 0.2) is 39.9 Å². The average molecular weight is 415 g/mol. The van der Waals surface area contributed by atoms with E-state index in [4.69, 9.17) is 16.3 Å². The smallest absolute Gasteiger partial charge is 0.330 e. The van der Waals surface area contributed by atoms with Crippen molar-refractivity contribution in [2.75, 3.05) is 11.9 Å². The van der Waals surface area contributed by atoms with Crippen LogP contribution in [0.25, 0.3) is 11.0 Å². The Morgan fingerprint density at radius 2 is 2.10 bits per heavy atom. The third kappa shape index (κ3) is 3.94.